The summed E-state index contributed by atoms with van der Waals surface area (Å²) < 4.78 is 0. The zero-order chi connectivity index (χ0) is 17.2. The largest absolute Gasteiger partial charge is 0.339 e. The Morgan fingerprint density at radius 2 is 1.84 bits per heavy atom. The second-order valence-corrected chi connectivity index (χ2v) is 8.07. The molecule has 2 aromatic rings. The molecule has 5 heteroatoms. The van der Waals surface area contributed by atoms with Gasteiger partial charge in [-0.3, -0.25) is 4.79 Å². The number of rotatable bonds is 4. The Morgan fingerprint density at radius 1 is 1.12 bits per heavy atom. The van der Waals surface area contributed by atoms with Crippen LogP contribution in [0.5, 0.6) is 0 Å². The third-order valence-electron chi connectivity index (χ3n) is 5.28. The Bertz CT molecular complexity index is 722. The van der Waals surface area contributed by atoms with Gasteiger partial charge in [0.1, 0.15) is 5.03 Å². The molecule has 2 unspecified atom stereocenters. The average molecular weight is 353 g/mol. The summed E-state index contributed by atoms with van der Waals surface area (Å²) in [7, 11) is 1.95. The molecule has 4 nitrogen and oxygen atoms in total. The van der Waals surface area contributed by atoms with E-state index in [-0.39, 0.29) is 5.91 Å². The quantitative estimate of drug-likeness (QED) is 0.912. The molecule has 3 heterocycles. The number of aromatic nitrogens is 1. The molecule has 4 rings (SSSR count). The first kappa shape index (κ1) is 16.6. The fraction of sp³-hybridized carbons (Fsp3) is 0.400. The minimum absolute atomic E-state index is 0.126. The van der Waals surface area contributed by atoms with Crippen LogP contribution >= 0.6 is 11.8 Å². The number of carbonyl (C=O) groups excluding carboxylic acids is 1. The maximum Gasteiger partial charge on any atom is 0.253 e. The van der Waals surface area contributed by atoms with E-state index in [0.29, 0.717) is 18.1 Å². The maximum absolute atomic E-state index is 12.8. The van der Waals surface area contributed by atoms with Gasteiger partial charge in [-0.15, -0.1) is 0 Å². The van der Waals surface area contributed by atoms with Gasteiger partial charge in [0, 0.05) is 41.8 Å². The van der Waals surface area contributed by atoms with E-state index in [9.17, 15) is 4.79 Å². The molecule has 2 saturated heterocycles. The van der Waals surface area contributed by atoms with E-state index in [1.54, 1.807) is 18.0 Å². The molecule has 0 aliphatic carbocycles. The van der Waals surface area contributed by atoms with Crippen LogP contribution < -0.4 is 5.32 Å². The van der Waals surface area contributed by atoms with Crippen LogP contribution in [0.15, 0.2) is 58.6 Å². The van der Waals surface area contributed by atoms with Crippen LogP contribution in [0.1, 0.15) is 36.0 Å². The molecule has 130 valence electrons. The Morgan fingerprint density at radius 3 is 2.48 bits per heavy atom. The first-order valence-electron chi connectivity index (χ1n) is 8.91. The van der Waals surface area contributed by atoms with Gasteiger partial charge in [0.05, 0.1) is 0 Å². The normalized spacial score (nSPS) is 24.9. The molecule has 1 aromatic carbocycles. The lowest BCUT2D eigenvalue weighted by molar-refractivity contribution is 0.0681. The molecule has 0 radical (unpaired) electrons. The highest BCUT2D eigenvalue weighted by molar-refractivity contribution is 7.99. The van der Waals surface area contributed by atoms with Gasteiger partial charge < -0.3 is 10.2 Å². The number of pyridine rings is 1. The first-order chi connectivity index (χ1) is 12.2. The molecule has 2 bridgehead atoms. The van der Waals surface area contributed by atoms with Crippen molar-refractivity contribution in [3.05, 3.63) is 54.2 Å². The lowest BCUT2D eigenvalue weighted by Gasteiger charge is -2.35. The number of nitrogens with zero attached hydrogens (tertiary/aromatic N) is 2. The zero-order valence-electron chi connectivity index (χ0n) is 14.4. The highest BCUT2D eigenvalue weighted by Gasteiger charge is 2.36. The van der Waals surface area contributed by atoms with Gasteiger partial charge in [0.25, 0.3) is 5.91 Å². The van der Waals surface area contributed by atoms with E-state index in [1.807, 2.05) is 54.4 Å². The lowest BCUT2D eigenvalue weighted by atomic mass is 9.98. The molecule has 1 amide bonds. The second kappa shape index (κ2) is 7.18. The molecule has 0 saturated carbocycles. The molecule has 2 fully saturated rings. The van der Waals surface area contributed by atoms with Gasteiger partial charge in [0.2, 0.25) is 0 Å². The number of fused-ring (bicyclic) bond motifs is 2. The number of hydrogen-bond acceptors (Lipinski definition) is 4. The third-order valence-corrected chi connectivity index (χ3v) is 6.24. The number of hydrogen-bond donors (Lipinski definition) is 1. The van der Waals surface area contributed by atoms with E-state index in [4.69, 9.17) is 0 Å². The fourth-order valence-electron chi connectivity index (χ4n) is 3.91. The SMILES string of the molecule is CN(C(=O)c1ccc(Sc2ccccn2)cc1)C1CC2CCC(C1)N2. The van der Waals surface area contributed by atoms with Gasteiger partial charge in [-0.2, -0.15) is 0 Å². The predicted octanol–water partition coefficient (Wildman–Crippen LogP) is 3.59. The molecule has 2 aliphatic heterocycles. The Balaban J connectivity index is 1.41. The van der Waals surface area contributed by atoms with Crippen molar-refractivity contribution < 1.29 is 4.79 Å². The summed E-state index contributed by atoms with van der Waals surface area (Å²) in [4.78, 5) is 20.2. The fourth-order valence-corrected chi connectivity index (χ4v) is 4.68. The maximum atomic E-state index is 12.8. The van der Waals surface area contributed by atoms with Crippen molar-refractivity contribution in [1.82, 2.24) is 15.2 Å². The van der Waals surface area contributed by atoms with Crippen LogP contribution in [-0.2, 0) is 0 Å². The summed E-state index contributed by atoms with van der Waals surface area (Å²) in [6, 6.07) is 15.3. The summed E-state index contributed by atoms with van der Waals surface area (Å²) in [6.07, 6.45) is 6.45. The van der Waals surface area contributed by atoms with Gasteiger partial charge in [0.15, 0.2) is 0 Å². The minimum Gasteiger partial charge on any atom is -0.339 e. The van der Waals surface area contributed by atoms with Gasteiger partial charge in [-0.1, -0.05) is 17.8 Å². The average Bonchev–Trinajstić information content (AvgIpc) is 3.00. The number of benzene rings is 1. The monoisotopic (exact) mass is 353 g/mol. The summed E-state index contributed by atoms with van der Waals surface area (Å²) in [5, 5.41) is 4.60. The molecule has 2 aliphatic rings. The summed E-state index contributed by atoms with van der Waals surface area (Å²) >= 11 is 1.61. The van der Waals surface area contributed by atoms with Crippen LogP contribution in [-0.4, -0.2) is 41.0 Å². The van der Waals surface area contributed by atoms with Crippen molar-refractivity contribution in [2.75, 3.05) is 7.05 Å². The van der Waals surface area contributed by atoms with E-state index >= 15 is 0 Å². The molecule has 0 spiro atoms. The Hall–Kier alpha value is -1.85. The van der Waals surface area contributed by atoms with E-state index < -0.39 is 0 Å². The molecular weight excluding hydrogens is 330 g/mol. The van der Waals surface area contributed by atoms with Gasteiger partial charge in [-0.25, -0.2) is 4.98 Å². The minimum atomic E-state index is 0.126. The first-order valence-corrected chi connectivity index (χ1v) is 9.73. The predicted molar refractivity (Wildman–Crippen MR) is 99.9 cm³/mol. The number of nitrogens with one attached hydrogen (secondary N) is 1. The molecule has 25 heavy (non-hydrogen) atoms. The van der Waals surface area contributed by atoms with Crippen LogP contribution in [0.2, 0.25) is 0 Å². The van der Waals surface area contributed by atoms with Crippen molar-refractivity contribution in [2.24, 2.45) is 0 Å². The Labute approximate surface area is 153 Å². The van der Waals surface area contributed by atoms with E-state index in [2.05, 4.69) is 10.3 Å². The lowest BCUT2D eigenvalue weighted by Crippen LogP contribution is -2.48. The van der Waals surface area contributed by atoms with Crippen LogP contribution in [0, 0.1) is 0 Å². The topological polar surface area (TPSA) is 45.2 Å². The molecule has 1 aromatic heterocycles. The molecule has 2 atom stereocenters. The van der Waals surface area contributed by atoms with Crippen LogP contribution in [0.25, 0.3) is 0 Å². The van der Waals surface area contributed by atoms with Crippen LogP contribution in [0.4, 0.5) is 0 Å². The molecule has 1 N–H and O–H groups in total. The number of amides is 1. The summed E-state index contributed by atoms with van der Waals surface area (Å²) in [5.41, 5.74) is 0.763. The van der Waals surface area contributed by atoms with Crippen LogP contribution in [0.3, 0.4) is 0 Å². The van der Waals surface area contributed by atoms with Crippen molar-refractivity contribution in [2.45, 2.75) is 53.7 Å². The van der Waals surface area contributed by atoms with Crippen molar-refractivity contribution in [3.63, 3.8) is 0 Å². The zero-order valence-corrected chi connectivity index (χ0v) is 15.2. The standard InChI is InChI=1S/C20H23N3OS/c1-23(17-12-15-7-8-16(13-17)22-15)20(24)14-5-9-18(10-6-14)25-19-4-2-3-11-21-19/h2-6,9-11,15-17,22H,7-8,12-13H2,1H3. The summed E-state index contributed by atoms with van der Waals surface area (Å²) in [6.45, 7) is 0. The van der Waals surface area contributed by atoms with E-state index in [1.165, 1.54) is 12.8 Å². The molecular formula is C20H23N3OS. The van der Waals surface area contributed by atoms with Gasteiger partial charge in [-0.05, 0) is 62.1 Å². The van der Waals surface area contributed by atoms with E-state index in [0.717, 1.165) is 28.3 Å². The van der Waals surface area contributed by atoms with Crippen molar-refractivity contribution >= 4 is 17.7 Å². The third kappa shape index (κ3) is 3.72. The Kier molecular flexibility index (Phi) is 4.77. The second-order valence-electron chi connectivity index (χ2n) is 6.97. The smallest absolute Gasteiger partial charge is 0.253 e. The highest BCUT2D eigenvalue weighted by Crippen LogP contribution is 2.30. The highest BCUT2D eigenvalue weighted by atomic mass is 32.2. The number of carbonyl (C=O) groups is 1. The summed E-state index contributed by atoms with van der Waals surface area (Å²) in [5.74, 6) is 0.126. The van der Waals surface area contributed by atoms with Gasteiger partial charge >= 0.3 is 0 Å². The van der Waals surface area contributed by atoms with Crippen molar-refractivity contribution in [3.8, 4) is 0 Å². The van der Waals surface area contributed by atoms with Crippen molar-refractivity contribution in [1.29, 1.82) is 0 Å². The number of piperidine rings is 1.